The van der Waals surface area contributed by atoms with Crippen LogP contribution in [0.5, 0.6) is 5.75 Å². The van der Waals surface area contributed by atoms with Crippen LogP contribution in [0.3, 0.4) is 0 Å². The van der Waals surface area contributed by atoms with Crippen LogP contribution in [0.1, 0.15) is 0 Å². The summed E-state index contributed by atoms with van der Waals surface area (Å²) < 4.78 is 5.40. The van der Waals surface area contributed by atoms with Crippen LogP contribution in [0.4, 0.5) is 0 Å². The number of para-hydroxylation sites is 1. The largest absolute Gasteiger partial charge is 0.491 e. The highest BCUT2D eigenvalue weighted by molar-refractivity contribution is 5.84. The van der Waals surface area contributed by atoms with E-state index in [-0.39, 0.29) is 6.61 Å². The second-order valence-corrected chi connectivity index (χ2v) is 3.58. The first-order valence-corrected chi connectivity index (χ1v) is 5.13. The predicted molar refractivity (Wildman–Crippen MR) is 62.8 cm³/mol. The van der Waals surface area contributed by atoms with Crippen molar-refractivity contribution in [3.63, 3.8) is 0 Å². The quantitative estimate of drug-likeness (QED) is 0.822. The molecule has 17 heavy (non-hydrogen) atoms. The van der Waals surface area contributed by atoms with Crippen LogP contribution in [0.2, 0.25) is 0 Å². The molecule has 0 spiro atoms. The number of aliphatic carboxylic acids is 1. The fourth-order valence-electron chi connectivity index (χ4n) is 1.45. The lowest BCUT2D eigenvalue weighted by atomic mass is 10.2. The Balaban J connectivity index is 2.21. The third-order valence-corrected chi connectivity index (χ3v) is 2.34. The summed E-state index contributed by atoms with van der Waals surface area (Å²) >= 11 is 0. The molecule has 0 aliphatic rings. The summed E-state index contributed by atoms with van der Waals surface area (Å²) in [6, 6.07) is 8.14. The summed E-state index contributed by atoms with van der Waals surface area (Å²) in [5, 5.41) is 9.50. The summed E-state index contributed by atoms with van der Waals surface area (Å²) in [6.45, 7) is -0.0661. The van der Waals surface area contributed by atoms with Crippen molar-refractivity contribution >= 4 is 16.9 Å². The van der Waals surface area contributed by atoms with Gasteiger partial charge >= 0.3 is 5.97 Å². The molecule has 0 aliphatic heterocycles. The van der Waals surface area contributed by atoms with Crippen LogP contribution in [-0.4, -0.2) is 28.7 Å². The van der Waals surface area contributed by atoms with Crippen molar-refractivity contribution in [1.82, 2.24) is 4.98 Å². The summed E-state index contributed by atoms with van der Waals surface area (Å²) in [5.74, 6) is -0.490. The average molecular weight is 232 g/mol. The predicted octanol–water partition coefficient (Wildman–Crippen LogP) is 1.03. The van der Waals surface area contributed by atoms with E-state index in [0.717, 1.165) is 10.9 Å². The lowest BCUT2D eigenvalue weighted by molar-refractivity contribution is -0.139. The van der Waals surface area contributed by atoms with Gasteiger partial charge in [0.1, 0.15) is 18.4 Å². The number of benzene rings is 1. The van der Waals surface area contributed by atoms with Crippen molar-refractivity contribution in [3.05, 3.63) is 36.5 Å². The van der Waals surface area contributed by atoms with Crippen LogP contribution in [-0.2, 0) is 4.79 Å². The Hall–Kier alpha value is -2.14. The Morgan fingerprint density at radius 2 is 2.18 bits per heavy atom. The molecule has 0 amide bonds. The maximum absolute atomic E-state index is 10.6. The van der Waals surface area contributed by atoms with Crippen LogP contribution in [0.25, 0.3) is 10.9 Å². The number of hydrogen-bond acceptors (Lipinski definition) is 4. The zero-order chi connectivity index (χ0) is 12.3. The molecular formula is C12H12N2O3. The Kier molecular flexibility index (Phi) is 3.20. The number of hydrogen-bond donors (Lipinski definition) is 2. The third kappa shape index (κ3) is 2.51. The fraction of sp³-hybridized carbons (Fsp3) is 0.167. The van der Waals surface area contributed by atoms with E-state index in [0.29, 0.717) is 5.75 Å². The van der Waals surface area contributed by atoms with Crippen molar-refractivity contribution in [2.24, 2.45) is 5.73 Å². The molecule has 2 aromatic rings. The molecule has 1 heterocycles. The minimum atomic E-state index is -1.08. The summed E-state index contributed by atoms with van der Waals surface area (Å²) in [6.07, 6.45) is 1.62. The van der Waals surface area contributed by atoms with Crippen LogP contribution in [0.15, 0.2) is 36.5 Å². The number of nitrogens with zero attached hydrogens (tertiary/aromatic N) is 1. The molecule has 1 unspecified atom stereocenters. The average Bonchev–Trinajstić information content (AvgIpc) is 2.35. The number of nitrogens with two attached hydrogens (primary N) is 1. The maximum atomic E-state index is 10.6. The summed E-state index contributed by atoms with van der Waals surface area (Å²) in [4.78, 5) is 14.7. The Labute approximate surface area is 97.8 Å². The fourth-order valence-corrected chi connectivity index (χ4v) is 1.45. The first-order chi connectivity index (χ1) is 8.18. The molecule has 5 heteroatoms. The van der Waals surface area contributed by atoms with E-state index in [2.05, 4.69) is 4.98 Å². The zero-order valence-corrected chi connectivity index (χ0v) is 9.04. The molecule has 2 rings (SSSR count). The van der Waals surface area contributed by atoms with Gasteiger partial charge in [-0.2, -0.15) is 0 Å². The molecule has 0 fully saturated rings. The van der Waals surface area contributed by atoms with Gasteiger partial charge in [0.2, 0.25) is 0 Å². The van der Waals surface area contributed by atoms with Crippen LogP contribution >= 0.6 is 0 Å². The third-order valence-electron chi connectivity index (χ3n) is 2.34. The maximum Gasteiger partial charge on any atom is 0.324 e. The Morgan fingerprint density at radius 1 is 1.41 bits per heavy atom. The van der Waals surface area contributed by atoms with Crippen molar-refractivity contribution < 1.29 is 14.6 Å². The van der Waals surface area contributed by atoms with E-state index >= 15 is 0 Å². The second-order valence-electron chi connectivity index (χ2n) is 3.58. The van der Waals surface area contributed by atoms with Gasteiger partial charge in [0.15, 0.2) is 0 Å². The molecule has 1 atom stereocenters. The molecule has 0 aliphatic carbocycles. The van der Waals surface area contributed by atoms with E-state index < -0.39 is 12.0 Å². The second kappa shape index (κ2) is 4.80. The number of aromatic nitrogens is 1. The highest BCUT2D eigenvalue weighted by Gasteiger charge is 2.12. The SMILES string of the molecule is NC(COc1ccnc2ccccc12)C(=O)O. The molecule has 5 nitrogen and oxygen atoms in total. The van der Waals surface area contributed by atoms with Gasteiger partial charge in [-0.3, -0.25) is 9.78 Å². The van der Waals surface area contributed by atoms with E-state index in [1.54, 1.807) is 12.3 Å². The molecule has 0 saturated heterocycles. The van der Waals surface area contributed by atoms with E-state index in [4.69, 9.17) is 15.6 Å². The van der Waals surface area contributed by atoms with E-state index in [9.17, 15) is 4.79 Å². The number of rotatable bonds is 4. The van der Waals surface area contributed by atoms with Crippen molar-refractivity contribution in [2.75, 3.05) is 6.61 Å². The lowest BCUT2D eigenvalue weighted by Gasteiger charge is -2.10. The summed E-state index contributed by atoms with van der Waals surface area (Å²) in [7, 11) is 0. The minimum absolute atomic E-state index is 0.0661. The normalized spacial score (nSPS) is 12.3. The first kappa shape index (κ1) is 11.3. The van der Waals surface area contributed by atoms with Crippen molar-refractivity contribution in [2.45, 2.75) is 6.04 Å². The number of carbonyl (C=O) groups is 1. The molecule has 1 aromatic carbocycles. The standard InChI is InChI=1S/C12H12N2O3/c13-9(12(15)16)7-17-11-5-6-14-10-4-2-1-3-8(10)11/h1-6,9H,7,13H2,(H,15,16). The molecule has 88 valence electrons. The number of ether oxygens (including phenoxy) is 1. The molecule has 0 saturated carbocycles. The van der Waals surface area contributed by atoms with E-state index in [1.807, 2.05) is 24.3 Å². The Bertz CT molecular complexity index is 537. The van der Waals surface area contributed by atoms with Gasteiger partial charge in [-0.1, -0.05) is 12.1 Å². The number of carboxylic acids is 1. The van der Waals surface area contributed by atoms with Crippen molar-refractivity contribution in [1.29, 1.82) is 0 Å². The number of carboxylic acid groups (broad SMARTS) is 1. The highest BCUT2D eigenvalue weighted by atomic mass is 16.5. The lowest BCUT2D eigenvalue weighted by Crippen LogP contribution is -2.36. The van der Waals surface area contributed by atoms with Gasteiger partial charge in [0.25, 0.3) is 0 Å². The van der Waals surface area contributed by atoms with Crippen molar-refractivity contribution in [3.8, 4) is 5.75 Å². The van der Waals surface area contributed by atoms with Crippen LogP contribution in [0, 0.1) is 0 Å². The van der Waals surface area contributed by atoms with Gasteiger partial charge < -0.3 is 15.6 Å². The van der Waals surface area contributed by atoms with Gasteiger partial charge in [-0.05, 0) is 18.2 Å². The smallest absolute Gasteiger partial charge is 0.324 e. The highest BCUT2D eigenvalue weighted by Crippen LogP contribution is 2.23. The molecule has 3 N–H and O–H groups in total. The number of fused-ring (bicyclic) bond motifs is 1. The zero-order valence-electron chi connectivity index (χ0n) is 9.04. The van der Waals surface area contributed by atoms with E-state index in [1.165, 1.54) is 0 Å². The molecular weight excluding hydrogens is 220 g/mol. The van der Waals surface area contributed by atoms with Gasteiger partial charge in [-0.15, -0.1) is 0 Å². The topological polar surface area (TPSA) is 85.4 Å². The van der Waals surface area contributed by atoms with Gasteiger partial charge in [-0.25, -0.2) is 0 Å². The van der Waals surface area contributed by atoms with Gasteiger partial charge in [0.05, 0.1) is 5.52 Å². The molecule has 1 aromatic heterocycles. The minimum Gasteiger partial charge on any atom is -0.491 e. The monoisotopic (exact) mass is 232 g/mol. The van der Waals surface area contributed by atoms with Crippen LogP contribution < -0.4 is 10.5 Å². The number of pyridine rings is 1. The summed E-state index contributed by atoms with van der Waals surface area (Å²) in [5.41, 5.74) is 6.17. The molecule has 0 bridgehead atoms. The molecule has 0 radical (unpaired) electrons. The van der Waals surface area contributed by atoms with Gasteiger partial charge in [0, 0.05) is 11.6 Å². The first-order valence-electron chi connectivity index (χ1n) is 5.13. The Morgan fingerprint density at radius 3 is 2.94 bits per heavy atom.